The standard InChI is InChI=1S/C13H15BrClNO2/c14-7-10-4-5-16(8-10)13(17)9-18-12-3-1-2-11(15)6-12/h1-3,6,10H,4-5,7-9H2. The zero-order valence-corrected chi connectivity index (χ0v) is 12.3. The van der Waals surface area contributed by atoms with Gasteiger partial charge in [-0.15, -0.1) is 0 Å². The van der Waals surface area contributed by atoms with E-state index in [0.717, 1.165) is 24.8 Å². The maximum absolute atomic E-state index is 11.9. The van der Waals surface area contributed by atoms with Crippen LogP contribution in [0.15, 0.2) is 24.3 Å². The zero-order valence-electron chi connectivity index (χ0n) is 9.94. The van der Waals surface area contributed by atoms with E-state index in [0.29, 0.717) is 16.7 Å². The molecule has 0 aromatic heterocycles. The molecule has 1 aromatic rings. The zero-order chi connectivity index (χ0) is 13.0. The summed E-state index contributed by atoms with van der Waals surface area (Å²) < 4.78 is 5.44. The molecule has 0 bridgehead atoms. The number of ether oxygens (including phenoxy) is 1. The molecule has 0 N–H and O–H groups in total. The van der Waals surface area contributed by atoms with Crippen LogP contribution in [0, 0.1) is 5.92 Å². The van der Waals surface area contributed by atoms with Gasteiger partial charge in [-0.05, 0) is 30.5 Å². The number of carbonyl (C=O) groups excluding carboxylic acids is 1. The van der Waals surface area contributed by atoms with Crippen molar-refractivity contribution in [3.63, 3.8) is 0 Å². The van der Waals surface area contributed by atoms with Crippen molar-refractivity contribution < 1.29 is 9.53 Å². The van der Waals surface area contributed by atoms with Gasteiger partial charge in [-0.2, -0.15) is 0 Å². The molecule has 1 aromatic carbocycles. The van der Waals surface area contributed by atoms with Crippen molar-refractivity contribution >= 4 is 33.4 Å². The molecule has 1 aliphatic rings. The van der Waals surface area contributed by atoms with Gasteiger partial charge in [0, 0.05) is 23.4 Å². The molecule has 0 radical (unpaired) electrons. The highest BCUT2D eigenvalue weighted by Gasteiger charge is 2.25. The molecule has 5 heteroatoms. The summed E-state index contributed by atoms with van der Waals surface area (Å²) in [6.45, 7) is 1.73. The van der Waals surface area contributed by atoms with Crippen LogP contribution in [0.4, 0.5) is 0 Å². The van der Waals surface area contributed by atoms with Gasteiger partial charge in [0.05, 0.1) is 0 Å². The monoisotopic (exact) mass is 331 g/mol. The van der Waals surface area contributed by atoms with Crippen LogP contribution in [0.5, 0.6) is 5.75 Å². The highest BCUT2D eigenvalue weighted by atomic mass is 79.9. The molecule has 18 heavy (non-hydrogen) atoms. The van der Waals surface area contributed by atoms with Gasteiger partial charge >= 0.3 is 0 Å². The van der Waals surface area contributed by atoms with E-state index in [1.807, 2.05) is 4.90 Å². The van der Waals surface area contributed by atoms with Gasteiger partial charge in [0.15, 0.2) is 6.61 Å². The average Bonchev–Trinajstić information content (AvgIpc) is 2.85. The normalized spacial score (nSPS) is 19.0. The largest absolute Gasteiger partial charge is 0.484 e. The van der Waals surface area contributed by atoms with Crippen LogP contribution in [0.2, 0.25) is 5.02 Å². The van der Waals surface area contributed by atoms with Crippen LogP contribution in [0.1, 0.15) is 6.42 Å². The first-order chi connectivity index (χ1) is 8.69. The van der Waals surface area contributed by atoms with Gasteiger partial charge in [0.1, 0.15) is 5.75 Å². The van der Waals surface area contributed by atoms with Crippen LogP contribution in [-0.2, 0) is 4.79 Å². The van der Waals surface area contributed by atoms with Gasteiger partial charge in [-0.3, -0.25) is 4.79 Å². The second-order valence-corrected chi connectivity index (χ2v) is 5.48. The second-order valence-electron chi connectivity index (χ2n) is 4.39. The third-order valence-corrected chi connectivity index (χ3v) is 4.17. The van der Waals surface area contributed by atoms with E-state index in [-0.39, 0.29) is 12.5 Å². The lowest BCUT2D eigenvalue weighted by molar-refractivity contribution is -0.132. The predicted octanol–water partition coefficient (Wildman–Crippen LogP) is 2.96. The van der Waals surface area contributed by atoms with Crippen molar-refractivity contribution in [3.8, 4) is 5.75 Å². The molecule has 0 spiro atoms. The fourth-order valence-electron chi connectivity index (χ4n) is 1.98. The van der Waals surface area contributed by atoms with Crippen LogP contribution in [0.3, 0.4) is 0 Å². The molecule has 0 aliphatic carbocycles. The fourth-order valence-corrected chi connectivity index (χ4v) is 2.69. The topological polar surface area (TPSA) is 29.5 Å². The number of benzene rings is 1. The van der Waals surface area contributed by atoms with Crippen LogP contribution >= 0.6 is 27.5 Å². The molecule has 3 nitrogen and oxygen atoms in total. The first-order valence-corrected chi connectivity index (χ1v) is 7.41. The SMILES string of the molecule is O=C(COc1cccc(Cl)c1)N1CCC(CBr)C1. The van der Waals surface area contributed by atoms with Crippen molar-refractivity contribution in [3.05, 3.63) is 29.3 Å². The van der Waals surface area contributed by atoms with E-state index < -0.39 is 0 Å². The molecule has 0 saturated carbocycles. The van der Waals surface area contributed by atoms with Gasteiger partial charge in [-0.25, -0.2) is 0 Å². The molecule has 2 rings (SSSR count). The lowest BCUT2D eigenvalue weighted by atomic mass is 10.2. The molecule has 1 amide bonds. The number of amides is 1. The molecule has 98 valence electrons. The summed E-state index contributed by atoms with van der Waals surface area (Å²) in [7, 11) is 0. The van der Waals surface area contributed by atoms with Gasteiger partial charge in [-0.1, -0.05) is 33.6 Å². The Balaban J connectivity index is 1.82. The summed E-state index contributed by atoms with van der Waals surface area (Å²) in [6, 6.07) is 7.08. The summed E-state index contributed by atoms with van der Waals surface area (Å²) >= 11 is 9.30. The minimum atomic E-state index is 0.0402. The summed E-state index contributed by atoms with van der Waals surface area (Å²) in [5.41, 5.74) is 0. The van der Waals surface area contributed by atoms with Gasteiger partial charge in [0.2, 0.25) is 0 Å². The lowest BCUT2D eigenvalue weighted by Crippen LogP contribution is -2.33. The maximum Gasteiger partial charge on any atom is 0.260 e. The Labute approximate surface area is 120 Å². The minimum absolute atomic E-state index is 0.0402. The third kappa shape index (κ3) is 3.62. The van der Waals surface area contributed by atoms with Crippen molar-refractivity contribution in [1.82, 2.24) is 4.90 Å². The van der Waals surface area contributed by atoms with E-state index in [1.54, 1.807) is 24.3 Å². The van der Waals surface area contributed by atoms with Gasteiger partial charge < -0.3 is 9.64 Å². The summed E-state index contributed by atoms with van der Waals surface area (Å²) in [6.07, 6.45) is 1.06. The molecular formula is C13H15BrClNO2. The Kier molecular flexibility index (Phi) is 4.89. The van der Waals surface area contributed by atoms with E-state index >= 15 is 0 Å². The van der Waals surface area contributed by atoms with Crippen LogP contribution < -0.4 is 4.74 Å². The summed E-state index contributed by atoms with van der Waals surface area (Å²) in [5.74, 6) is 1.24. The quantitative estimate of drug-likeness (QED) is 0.793. The minimum Gasteiger partial charge on any atom is -0.484 e. The van der Waals surface area contributed by atoms with Crippen molar-refractivity contribution in [2.24, 2.45) is 5.92 Å². The number of hydrogen-bond acceptors (Lipinski definition) is 2. The Hall–Kier alpha value is -0.740. The summed E-state index contributed by atoms with van der Waals surface area (Å²) in [4.78, 5) is 13.8. The number of likely N-dealkylation sites (tertiary alicyclic amines) is 1. The first kappa shape index (κ1) is 13.7. The van der Waals surface area contributed by atoms with E-state index in [4.69, 9.17) is 16.3 Å². The second kappa shape index (κ2) is 6.43. The molecular weight excluding hydrogens is 318 g/mol. The molecule has 1 unspecified atom stereocenters. The third-order valence-electron chi connectivity index (χ3n) is 3.02. The first-order valence-electron chi connectivity index (χ1n) is 5.91. The highest BCUT2D eigenvalue weighted by molar-refractivity contribution is 9.09. The number of halogens is 2. The van der Waals surface area contributed by atoms with Crippen LogP contribution in [0.25, 0.3) is 0 Å². The molecule has 1 fully saturated rings. The van der Waals surface area contributed by atoms with E-state index in [2.05, 4.69) is 15.9 Å². The van der Waals surface area contributed by atoms with Gasteiger partial charge in [0.25, 0.3) is 5.91 Å². The Morgan fingerprint density at radius 1 is 1.56 bits per heavy atom. The average molecular weight is 333 g/mol. The number of hydrogen-bond donors (Lipinski definition) is 0. The Bertz CT molecular complexity index is 427. The predicted molar refractivity (Wildman–Crippen MR) is 75.4 cm³/mol. The molecule has 1 aliphatic heterocycles. The Morgan fingerprint density at radius 2 is 2.39 bits per heavy atom. The molecule has 1 saturated heterocycles. The maximum atomic E-state index is 11.9. The fraction of sp³-hybridized carbons (Fsp3) is 0.462. The van der Waals surface area contributed by atoms with Crippen LogP contribution in [-0.4, -0.2) is 35.8 Å². The smallest absolute Gasteiger partial charge is 0.260 e. The van der Waals surface area contributed by atoms with Crippen molar-refractivity contribution in [2.45, 2.75) is 6.42 Å². The number of alkyl halides is 1. The summed E-state index contributed by atoms with van der Waals surface area (Å²) in [5, 5.41) is 1.56. The van der Waals surface area contributed by atoms with Crippen molar-refractivity contribution in [2.75, 3.05) is 25.0 Å². The lowest BCUT2D eigenvalue weighted by Gasteiger charge is -2.16. The number of carbonyl (C=O) groups is 1. The highest BCUT2D eigenvalue weighted by Crippen LogP contribution is 2.19. The van der Waals surface area contributed by atoms with Crippen molar-refractivity contribution in [1.29, 1.82) is 0 Å². The number of rotatable bonds is 4. The number of nitrogens with zero attached hydrogens (tertiary/aromatic N) is 1. The molecule has 1 atom stereocenters. The van der Waals surface area contributed by atoms with E-state index in [1.165, 1.54) is 0 Å². The van der Waals surface area contributed by atoms with E-state index in [9.17, 15) is 4.79 Å². The molecule has 1 heterocycles. The Morgan fingerprint density at radius 3 is 3.06 bits per heavy atom.